The summed E-state index contributed by atoms with van der Waals surface area (Å²) in [6, 6.07) is 3.69. The summed E-state index contributed by atoms with van der Waals surface area (Å²) in [4.78, 5) is 10.8. The summed E-state index contributed by atoms with van der Waals surface area (Å²) >= 11 is 1.47. The zero-order valence-corrected chi connectivity index (χ0v) is 9.13. The number of amides is 1. The summed E-state index contributed by atoms with van der Waals surface area (Å²) in [5, 5.41) is 12.8. The average molecular weight is 217 g/mol. The molecule has 0 aliphatic carbocycles. The molecule has 0 aliphatic heterocycles. The molecule has 5 heteroatoms. The Labute approximate surface area is 87.5 Å². The van der Waals surface area contributed by atoms with E-state index in [9.17, 15) is 4.79 Å². The van der Waals surface area contributed by atoms with Gasteiger partial charge in [0.05, 0.1) is 11.6 Å². The molecule has 0 saturated carbocycles. The fourth-order valence-corrected chi connectivity index (χ4v) is 1.22. The van der Waals surface area contributed by atoms with Gasteiger partial charge in [0.15, 0.2) is 0 Å². The van der Waals surface area contributed by atoms with Gasteiger partial charge in [0.2, 0.25) is 0 Å². The molecule has 1 amide bonds. The van der Waals surface area contributed by atoms with Crippen molar-refractivity contribution >= 4 is 22.4 Å². The highest BCUT2D eigenvalue weighted by Gasteiger charge is 2.00. The van der Waals surface area contributed by atoms with Crippen LogP contribution < -0.4 is 5.32 Å². The van der Waals surface area contributed by atoms with Gasteiger partial charge in [-0.05, 0) is 31.4 Å². The van der Waals surface area contributed by atoms with Crippen molar-refractivity contribution in [3.8, 4) is 0 Å². The number of carbonyl (C=O) groups excluding carboxylic acids is 1. The van der Waals surface area contributed by atoms with Crippen molar-refractivity contribution < 1.29 is 14.6 Å². The zero-order chi connectivity index (χ0) is 10.8. The molecule has 1 heterocycles. The quantitative estimate of drug-likeness (QED) is 0.799. The van der Waals surface area contributed by atoms with Crippen molar-refractivity contribution in [3.63, 3.8) is 0 Å². The van der Waals surface area contributed by atoms with E-state index < -0.39 is 6.09 Å². The van der Waals surface area contributed by atoms with E-state index >= 15 is 0 Å². The van der Waals surface area contributed by atoms with E-state index in [1.807, 2.05) is 17.5 Å². The van der Waals surface area contributed by atoms with Crippen LogP contribution in [0.1, 0.15) is 13.8 Å². The number of aliphatic hydroxyl groups excluding tert-OH is 1. The fraction of sp³-hybridized carbons (Fsp3) is 0.444. The van der Waals surface area contributed by atoms with Crippen LogP contribution in [0.5, 0.6) is 0 Å². The Bertz CT molecular complexity index is 236. The molecule has 0 unspecified atom stereocenters. The number of carbonyl (C=O) groups is 1. The molecule has 2 N–H and O–H groups in total. The Balaban J connectivity index is 0.000000500. The van der Waals surface area contributed by atoms with Gasteiger partial charge in [0.25, 0.3) is 0 Å². The van der Waals surface area contributed by atoms with Crippen molar-refractivity contribution in [2.24, 2.45) is 0 Å². The standard InChI is InChI=1S/C7H9NO2S.C2H6O/c1-2-10-7(9)8-6-4-3-5-11-6;1-2-3/h3-5H,2H2,1H3,(H,8,9);3H,2H2,1H3. The van der Waals surface area contributed by atoms with Crippen LogP contribution in [0, 0.1) is 0 Å². The molecule has 0 saturated heterocycles. The highest BCUT2D eigenvalue weighted by atomic mass is 32.1. The Kier molecular flexibility index (Phi) is 7.87. The predicted octanol–water partition coefficient (Wildman–Crippen LogP) is 2.32. The molecule has 1 aromatic heterocycles. The maximum Gasteiger partial charge on any atom is 0.412 e. The Morgan fingerprint density at radius 1 is 1.64 bits per heavy atom. The first-order valence-corrected chi connectivity index (χ1v) is 5.20. The van der Waals surface area contributed by atoms with Crippen molar-refractivity contribution in [2.45, 2.75) is 13.8 Å². The third-order valence-corrected chi connectivity index (χ3v) is 1.81. The third kappa shape index (κ3) is 6.45. The summed E-state index contributed by atoms with van der Waals surface area (Å²) in [6.45, 7) is 4.10. The molecule has 0 spiro atoms. The van der Waals surface area contributed by atoms with Crippen molar-refractivity contribution in [1.29, 1.82) is 0 Å². The second-order valence-corrected chi connectivity index (χ2v) is 3.09. The molecule has 4 nitrogen and oxygen atoms in total. The molecule has 0 atom stereocenters. The maximum atomic E-state index is 10.8. The van der Waals surface area contributed by atoms with Gasteiger partial charge in [-0.1, -0.05) is 0 Å². The zero-order valence-electron chi connectivity index (χ0n) is 8.32. The van der Waals surface area contributed by atoms with Crippen LogP contribution in [0.15, 0.2) is 17.5 Å². The van der Waals surface area contributed by atoms with Crippen LogP contribution in [-0.2, 0) is 4.74 Å². The Morgan fingerprint density at radius 2 is 2.29 bits per heavy atom. The second-order valence-electron chi connectivity index (χ2n) is 2.14. The van der Waals surface area contributed by atoms with Gasteiger partial charge < -0.3 is 9.84 Å². The summed E-state index contributed by atoms with van der Waals surface area (Å²) in [6.07, 6.45) is -0.394. The minimum atomic E-state index is -0.394. The van der Waals surface area contributed by atoms with Crippen LogP contribution >= 0.6 is 11.3 Å². The fourth-order valence-electron chi connectivity index (χ4n) is 0.617. The summed E-state index contributed by atoms with van der Waals surface area (Å²) < 4.78 is 4.67. The predicted molar refractivity (Wildman–Crippen MR) is 57.7 cm³/mol. The molecule has 0 radical (unpaired) electrons. The highest BCUT2D eigenvalue weighted by Crippen LogP contribution is 2.14. The molecule has 0 fully saturated rings. The van der Waals surface area contributed by atoms with E-state index in [1.165, 1.54) is 11.3 Å². The lowest BCUT2D eigenvalue weighted by Gasteiger charge is -2.00. The number of thiophene rings is 1. The minimum absolute atomic E-state index is 0.250. The molecule has 0 bridgehead atoms. The number of hydrogen-bond acceptors (Lipinski definition) is 4. The number of nitrogens with one attached hydrogen (secondary N) is 1. The molecular formula is C9H15NO3S. The lowest BCUT2D eigenvalue weighted by atomic mass is 10.6. The van der Waals surface area contributed by atoms with E-state index in [2.05, 4.69) is 10.1 Å². The molecule has 14 heavy (non-hydrogen) atoms. The highest BCUT2D eigenvalue weighted by molar-refractivity contribution is 7.14. The first kappa shape index (κ1) is 12.9. The molecule has 0 aliphatic rings. The van der Waals surface area contributed by atoms with Gasteiger partial charge in [-0.25, -0.2) is 4.79 Å². The van der Waals surface area contributed by atoms with Gasteiger partial charge >= 0.3 is 6.09 Å². The third-order valence-electron chi connectivity index (χ3n) is 1.02. The van der Waals surface area contributed by atoms with Crippen molar-refractivity contribution in [2.75, 3.05) is 18.5 Å². The lowest BCUT2D eigenvalue weighted by molar-refractivity contribution is 0.168. The van der Waals surface area contributed by atoms with Crippen LogP contribution in [0.2, 0.25) is 0 Å². The van der Waals surface area contributed by atoms with E-state index in [4.69, 9.17) is 5.11 Å². The van der Waals surface area contributed by atoms with Gasteiger partial charge in [-0.3, -0.25) is 5.32 Å². The van der Waals surface area contributed by atoms with Gasteiger partial charge in [-0.2, -0.15) is 0 Å². The largest absolute Gasteiger partial charge is 0.450 e. The van der Waals surface area contributed by atoms with E-state index in [1.54, 1.807) is 13.8 Å². The Hall–Kier alpha value is -1.07. The molecule has 80 valence electrons. The van der Waals surface area contributed by atoms with Crippen LogP contribution in [0.3, 0.4) is 0 Å². The number of ether oxygens (including phenoxy) is 1. The number of rotatable bonds is 2. The summed E-state index contributed by atoms with van der Waals surface area (Å²) in [5.74, 6) is 0. The molecular weight excluding hydrogens is 202 g/mol. The van der Waals surface area contributed by atoms with E-state index in [0.29, 0.717) is 6.61 Å². The monoisotopic (exact) mass is 217 g/mol. The van der Waals surface area contributed by atoms with Crippen LogP contribution in [0.25, 0.3) is 0 Å². The number of hydrogen-bond donors (Lipinski definition) is 2. The maximum absolute atomic E-state index is 10.8. The summed E-state index contributed by atoms with van der Waals surface area (Å²) in [7, 11) is 0. The second kappa shape index (κ2) is 8.52. The van der Waals surface area contributed by atoms with E-state index in [0.717, 1.165) is 5.00 Å². The van der Waals surface area contributed by atoms with Gasteiger partial charge in [-0.15, -0.1) is 11.3 Å². The molecule has 1 aromatic rings. The van der Waals surface area contributed by atoms with Crippen molar-refractivity contribution in [1.82, 2.24) is 0 Å². The number of anilines is 1. The molecule has 0 aromatic carbocycles. The van der Waals surface area contributed by atoms with Gasteiger partial charge in [0, 0.05) is 6.61 Å². The first-order valence-electron chi connectivity index (χ1n) is 4.32. The SMILES string of the molecule is CCO.CCOC(=O)Nc1cccs1. The summed E-state index contributed by atoms with van der Waals surface area (Å²) in [5.41, 5.74) is 0. The topological polar surface area (TPSA) is 58.6 Å². The van der Waals surface area contributed by atoms with Crippen molar-refractivity contribution in [3.05, 3.63) is 17.5 Å². The smallest absolute Gasteiger partial charge is 0.412 e. The Morgan fingerprint density at radius 3 is 2.71 bits per heavy atom. The normalized spacial score (nSPS) is 8.50. The first-order chi connectivity index (χ1) is 6.74. The van der Waals surface area contributed by atoms with Gasteiger partial charge in [0.1, 0.15) is 0 Å². The lowest BCUT2D eigenvalue weighted by Crippen LogP contribution is -2.11. The minimum Gasteiger partial charge on any atom is -0.450 e. The number of aliphatic hydroxyl groups is 1. The van der Waals surface area contributed by atoms with Crippen LogP contribution in [0.4, 0.5) is 9.80 Å². The molecule has 1 rings (SSSR count). The van der Waals surface area contributed by atoms with Crippen LogP contribution in [-0.4, -0.2) is 24.4 Å². The van der Waals surface area contributed by atoms with E-state index in [-0.39, 0.29) is 6.61 Å². The average Bonchev–Trinajstić information content (AvgIpc) is 2.58.